The number of rotatable bonds is 4. The number of aryl methyl sites for hydroxylation is 2. The van der Waals surface area contributed by atoms with Crippen LogP contribution in [0.25, 0.3) is 0 Å². The van der Waals surface area contributed by atoms with Crippen molar-refractivity contribution in [2.45, 2.75) is 19.6 Å². The summed E-state index contributed by atoms with van der Waals surface area (Å²) in [6, 6.07) is 0.805. The van der Waals surface area contributed by atoms with Crippen molar-refractivity contribution in [3.05, 3.63) is 33.9 Å². The average Bonchev–Trinajstić information content (AvgIpc) is 2.94. The van der Waals surface area contributed by atoms with Gasteiger partial charge >= 0.3 is 12.0 Å². The minimum atomic E-state index is -4.62. The molecule has 0 saturated heterocycles. The molecule has 0 aromatic carbocycles. The fraction of sp³-hybridized carbons (Fsp3) is 0.364. The lowest BCUT2D eigenvalue weighted by Gasteiger charge is -2.07. The molecule has 2 heterocycles. The molecule has 1 amide bonds. The fourth-order valence-corrected chi connectivity index (χ4v) is 1.81. The van der Waals surface area contributed by atoms with E-state index in [1.165, 1.54) is 18.5 Å². The Morgan fingerprint density at radius 3 is 2.65 bits per heavy atom. The number of nitro groups is 1. The van der Waals surface area contributed by atoms with Gasteiger partial charge in [-0.05, 0) is 22.9 Å². The van der Waals surface area contributed by atoms with E-state index in [2.05, 4.69) is 15.4 Å². The first-order chi connectivity index (χ1) is 10.6. The van der Waals surface area contributed by atoms with Crippen LogP contribution in [0.15, 0.2) is 12.4 Å². The zero-order chi connectivity index (χ0) is 17.4. The second-order valence-electron chi connectivity index (χ2n) is 4.66. The quantitative estimate of drug-likeness (QED) is 0.674. The van der Waals surface area contributed by atoms with Gasteiger partial charge in [0.1, 0.15) is 6.54 Å². The van der Waals surface area contributed by atoms with Crippen molar-refractivity contribution in [1.82, 2.24) is 19.3 Å². The third-order valence-electron chi connectivity index (χ3n) is 2.91. The number of alkyl halides is 3. The highest BCUT2D eigenvalue weighted by Gasteiger charge is 2.34. The van der Waals surface area contributed by atoms with Gasteiger partial charge in [-0.1, -0.05) is 0 Å². The third kappa shape index (κ3) is 3.46. The van der Waals surface area contributed by atoms with Crippen LogP contribution in [-0.2, 0) is 24.6 Å². The highest BCUT2D eigenvalue weighted by atomic mass is 19.4. The minimum absolute atomic E-state index is 0.131. The molecule has 2 aromatic heterocycles. The number of halogens is 3. The molecule has 0 aliphatic rings. The van der Waals surface area contributed by atoms with E-state index in [0.29, 0.717) is 0 Å². The number of imidazole rings is 1. The number of anilines is 1. The van der Waals surface area contributed by atoms with Gasteiger partial charge in [0.2, 0.25) is 18.1 Å². The lowest BCUT2D eigenvalue weighted by molar-refractivity contribution is -0.388. The van der Waals surface area contributed by atoms with Crippen molar-refractivity contribution in [3.63, 3.8) is 0 Å². The predicted octanol–water partition coefficient (Wildman–Crippen LogP) is 1.49. The summed E-state index contributed by atoms with van der Waals surface area (Å²) < 4.78 is 39.7. The molecule has 12 heteroatoms. The Morgan fingerprint density at radius 1 is 1.48 bits per heavy atom. The first-order valence-corrected chi connectivity index (χ1v) is 6.16. The lowest BCUT2D eigenvalue weighted by Crippen LogP contribution is -2.22. The third-order valence-corrected chi connectivity index (χ3v) is 2.91. The van der Waals surface area contributed by atoms with Crippen LogP contribution < -0.4 is 5.32 Å². The maximum absolute atomic E-state index is 12.6. The van der Waals surface area contributed by atoms with Crippen molar-refractivity contribution >= 4 is 17.5 Å². The van der Waals surface area contributed by atoms with Gasteiger partial charge in [0, 0.05) is 12.7 Å². The number of hydrogen-bond donors (Lipinski definition) is 1. The lowest BCUT2D eigenvalue weighted by atomic mass is 10.3. The largest absolute Gasteiger partial charge is 0.435 e. The molecule has 0 bridgehead atoms. The van der Waals surface area contributed by atoms with E-state index in [9.17, 15) is 28.1 Å². The van der Waals surface area contributed by atoms with Crippen LogP contribution in [0.5, 0.6) is 0 Å². The Labute approximate surface area is 126 Å². The summed E-state index contributed by atoms with van der Waals surface area (Å²) in [7, 11) is 1.43. The molecule has 0 fully saturated rings. The number of carbonyl (C=O) groups is 1. The van der Waals surface area contributed by atoms with Gasteiger partial charge in [0.25, 0.3) is 0 Å². The van der Waals surface area contributed by atoms with Gasteiger partial charge in [-0.25, -0.2) is 0 Å². The van der Waals surface area contributed by atoms with E-state index in [1.54, 1.807) is 0 Å². The van der Waals surface area contributed by atoms with Gasteiger partial charge < -0.3 is 15.4 Å². The average molecular weight is 332 g/mol. The minimum Gasteiger partial charge on any atom is -0.358 e. The van der Waals surface area contributed by atoms with Crippen LogP contribution in [0.4, 0.5) is 24.8 Å². The monoisotopic (exact) mass is 332 g/mol. The predicted molar refractivity (Wildman–Crippen MR) is 70.5 cm³/mol. The molecule has 0 aliphatic carbocycles. The summed E-state index contributed by atoms with van der Waals surface area (Å²) in [5, 5.41) is 16.3. The molecular weight excluding hydrogens is 321 g/mol. The van der Waals surface area contributed by atoms with Gasteiger partial charge in [0.05, 0.1) is 0 Å². The molecular formula is C11H11F3N6O3. The molecule has 2 rings (SSSR count). The van der Waals surface area contributed by atoms with Crippen LogP contribution in [0, 0.1) is 17.0 Å². The van der Waals surface area contributed by atoms with Gasteiger partial charge in [-0.15, -0.1) is 0 Å². The SMILES string of the molecule is Cc1cc(C(F)(F)F)nn1CC(=O)Nc1c([N+](=O)[O-])ncn1C. The van der Waals surface area contributed by atoms with Crippen LogP contribution in [0.3, 0.4) is 0 Å². The molecule has 0 radical (unpaired) electrons. The zero-order valence-corrected chi connectivity index (χ0v) is 12.0. The topological polar surface area (TPSA) is 108 Å². The highest BCUT2D eigenvalue weighted by molar-refractivity contribution is 5.91. The van der Waals surface area contributed by atoms with Crippen molar-refractivity contribution < 1.29 is 22.9 Å². The zero-order valence-electron chi connectivity index (χ0n) is 12.0. The van der Waals surface area contributed by atoms with Gasteiger partial charge in [-0.2, -0.15) is 18.3 Å². The van der Waals surface area contributed by atoms with E-state index in [4.69, 9.17) is 0 Å². The summed E-state index contributed by atoms with van der Waals surface area (Å²) in [4.78, 5) is 25.4. The maximum Gasteiger partial charge on any atom is 0.435 e. The van der Waals surface area contributed by atoms with Crippen LogP contribution in [-0.4, -0.2) is 30.2 Å². The van der Waals surface area contributed by atoms with Crippen molar-refractivity contribution in [2.75, 3.05) is 5.32 Å². The highest BCUT2D eigenvalue weighted by Crippen LogP contribution is 2.28. The smallest absolute Gasteiger partial charge is 0.358 e. The van der Waals surface area contributed by atoms with E-state index < -0.39 is 35.1 Å². The summed E-state index contributed by atoms with van der Waals surface area (Å²) >= 11 is 0. The summed E-state index contributed by atoms with van der Waals surface area (Å²) in [6.45, 7) is 0.840. The number of aromatic nitrogens is 4. The Hall–Kier alpha value is -2.92. The maximum atomic E-state index is 12.6. The Balaban J connectivity index is 2.17. The molecule has 1 N–H and O–H groups in total. The van der Waals surface area contributed by atoms with E-state index in [-0.39, 0.29) is 11.5 Å². The summed E-state index contributed by atoms with van der Waals surface area (Å²) in [5.41, 5.74) is -0.985. The molecule has 23 heavy (non-hydrogen) atoms. The molecule has 0 saturated carbocycles. The van der Waals surface area contributed by atoms with Crippen LogP contribution >= 0.6 is 0 Å². The fourth-order valence-electron chi connectivity index (χ4n) is 1.81. The van der Waals surface area contributed by atoms with Gasteiger partial charge in [0.15, 0.2) is 5.69 Å². The second-order valence-corrected chi connectivity index (χ2v) is 4.66. The van der Waals surface area contributed by atoms with E-state index >= 15 is 0 Å². The second kappa shape index (κ2) is 5.70. The number of carbonyl (C=O) groups excluding carboxylic acids is 1. The first kappa shape index (κ1) is 16.5. The molecule has 0 unspecified atom stereocenters. The number of amides is 1. The number of hydrogen-bond acceptors (Lipinski definition) is 5. The van der Waals surface area contributed by atoms with E-state index in [0.717, 1.165) is 17.1 Å². The standard InChI is InChI=1S/C11H11F3N6O3/c1-6-3-7(11(12,13)14)17-19(6)4-8(21)16-10-9(20(22)23)15-5-18(10)2/h3,5H,4H2,1-2H3,(H,16,21). The summed E-state index contributed by atoms with van der Waals surface area (Å²) in [5.74, 6) is -1.49. The molecule has 2 aromatic rings. The Bertz CT molecular complexity index is 764. The van der Waals surface area contributed by atoms with Crippen molar-refractivity contribution in [1.29, 1.82) is 0 Å². The molecule has 0 atom stereocenters. The van der Waals surface area contributed by atoms with Crippen molar-refractivity contribution in [3.8, 4) is 0 Å². The molecule has 0 spiro atoms. The van der Waals surface area contributed by atoms with Crippen molar-refractivity contribution in [2.24, 2.45) is 7.05 Å². The number of nitrogens with one attached hydrogen (secondary N) is 1. The van der Waals surface area contributed by atoms with Crippen LogP contribution in [0.2, 0.25) is 0 Å². The summed E-state index contributed by atoms with van der Waals surface area (Å²) in [6.07, 6.45) is -3.48. The molecule has 0 aliphatic heterocycles. The molecule has 9 nitrogen and oxygen atoms in total. The van der Waals surface area contributed by atoms with Gasteiger partial charge in [-0.3, -0.25) is 14.0 Å². The van der Waals surface area contributed by atoms with Crippen LogP contribution in [0.1, 0.15) is 11.4 Å². The Morgan fingerprint density at radius 2 is 2.13 bits per heavy atom. The first-order valence-electron chi connectivity index (χ1n) is 6.16. The number of nitrogens with zero attached hydrogens (tertiary/aromatic N) is 5. The molecule has 124 valence electrons. The Kier molecular flexibility index (Phi) is 4.08. The van der Waals surface area contributed by atoms with E-state index in [1.807, 2.05) is 0 Å². The normalized spacial score (nSPS) is 11.5.